The summed E-state index contributed by atoms with van der Waals surface area (Å²) in [6.07, 6.45) is 0. The number of aromatic nitrogens is 2. The Bertz CT molecular complexity index is 1540. The first-order valence-electron chi connectivity index (χ1n) is 9.37. The van der Waals surface area contributed by atoms with Crippen molar-refractivity contribution < 1.29 is 22.0 Å². The van der Waals surface area contributed by atoms with E-state index >= 15 is 0 Å². The number of hydrogen-bond acceptors (Lipinski definition) is 4. The summed E-state index contributed by atoms with van der Waals surface area (Å²) < 4.78 is 56.7. The molecule has 4 rings (SSSR count). The van der Waals surface area contributed by atoms with Crippen LogP contribution in [0, 0.1) is 11.6 Å². The van der Waals surface area contributed by atoms with Crippen LogP contribution in [0.2, 0.25) is 0 Å². The molecule has 164 valence electrons. The molecule has 0 radical (unpaired) electrons. The minimum absolute atomic E-state index is 0.142. The number of carbonyl (C=O) groups is 1. The highest BCUT2D eigenvalue weighted by Gasteiger charge is 2.26. The van der Waals surface area contributed by atoms with Gasteiger partial charge in [0.1, 0.15) is 11.6 Å². The van der Waals surface area contributed by atoms with Crippen molar-refractivity contribution in [3.63, 3.8) is 0 Å². The summed E-state index contributed by atoms with van der Waals surface area (Å²) in [4.78, 5) is 24.5. The molecule has 0 unspecified atom stereocenters. The summed E-state index contributed by atoms with van der Waals surface area (Å²) in [6, 6.07) is 12.1. The zero-order valence-corrected chi connectivity index (χ0v) is 17.8. The summed E-state index contributed by atoms with van der Waals surface area (Å²) >= 11 is 0. The van der Waals surface area contributed by atoms with Gasteiger partial charge in [0.15, 0.2) is 0 Å². The summed E-state index contributed by atoms with van der Waals surface area (Å²) in [7, 11) is -1.25. The Hall–Kier alpha value is -3.79. The molecule has 0 fully saturated rings. The van der Waals surface area contributed by atoms with Crippen LogP contribution >= 0.6 is 0 Å². The molecule has 0 bridgehead atoms. The highest BCUT2D eigenvalue weighted by atomic mass is 32.2. The third-order valence-corrected chi connectivity index (χ3v) is 6.96. The molecule has 0 atom stereocenters. The fourth-order valence-electron chi connectivity index (χ4n) is 3.42. The van der Waals surface area contributed by atoms with Crippen LogP contribution in [-0.4, -0.2) is 23.5 Å². The maximum Gasteiger partial charge on any atom is 0.328 e. The Balaban J connectivity index is 1.95. The Kier molecular flexibility index (Phi) is 5.17. The van der Waals surface area contributed by atoms with Gasteiger partial charge in [-0.1, -0.05) is 12.1 Å². The smallest absolute Gasteiger partial charge is 0.321 e. The van der Waals surface area contributed by atoms with Gasteiger partial charge in [0.05, 0.1) is 32.1 Å². The van der Waals surface area contributed by atoms with Crippen LogP contribution in [0.25, 0.3) is 11.0 Å². The third-order valence-electron chi connectivity index (χ3n) is 5.15. The molecule has 0 saturated carbocycles. The molecule has 1 N–H and O–H groups in total. The van der Waals surface area contributed by atoms with Crippen molar-refractivity contribution in [1.29, 1.82) is 0 Å². The van der Waals surface area contributed by atoms with E-state index in [1.54, 1.807) is 0 Å². The lowest BCUT2D eigenvalue weighted by Gasteiger charge is -2.14. The lowest BCUT2D eigenvalue weighted by molar-refractivity contribution is 0.102. The van der Waals surface area contributed by atoms with Crippen LogP contribution in [-0.2, 0) is 23.9 Å². The van der Waals surface area contributed by atoms with E-state index < -0.39 is 33.1 Å². The number of imidazole rings is 1. The Morgan fingerprint density at radius 2 is 1.50 bits per heavy atom. The molecule has 0 aliphatic rings. The Morgan fingerprint density at radius 3 is 2.12 bits per heavy atom. The first-order chi connectivity index (χ1) is 15.1. The van der Waals surface area contributed by atoms with Gasteiger partial charge < -0.3 is 5.32 Å². The standard InChI is InChI=1S/C22H17F2N3O4S/c1-26-18-11-17(25-21(28)15-5-3-4-6-16(15)24)20(12-19(18)27(2)22(26)29)32(30,31)14-9-7-13(23)8-10-14/h3-12H,1-2H3,(H,25,28). The molecule has 0 saturated heterocycles. The number of hydrogen-bond donors (Lipinski definition) is 1. The summed E-state index contributed by atoms with van der Waals surface area (Å²) in [5.74, 6) is -2.25. The molecule has 10 heteroatoms. The third kappa shape index (κ3) is 3.48. The first kappa shape index (κ1) is 21.4. The topological polar surface area (TPSA) is 90.2 Å². The van der Waals surface area contributed by atoms with E-state index in [4.69, 9.17) is 0 Å². The maximum absolute atomic E-state index is 14.1. The quantitative estimate of drug-likeness (QED) is 0.477. The highest BCUT2D eigenvalue weighted by molar-refractivity contribution is 7.91. The number of sulfone groups is 1. The van der Waals surface area contributed by atoms with E-state index in [-0.39, 0.29) is 21.0 Å². The van der Waals surface area contributed by atoms with Crippen molar-refractivity contribution in [2.45, 2.75) is 9.79 Å². The number of rotatable bonds is 4. The molecular formula is C22H17F2N3O4S. The van der Waals surface area contributed by atoms with Gasteiger partial charge in [-0.15, -0.1) is 0 Å². The lowest BCUT2D eigenvalue weighted by atomic mass is 10.2. The lowest BCUT2D eigenvalue weighted by Crippen LogP contribution is -2.19. The second-order valence-electron chi connectivity index (χ2n) is 7.13. The second-order valence-corrected chi connectivity index (χ2v) is 9.05. The molecule has 32 heavy (non-hydrogen) atoms. The number of anilines is 1. The SMILES string of the molecule is Cn1c(=O)n(C)c2cc(S(=O)(=O)c3ccc(F)cc3)c(NC(=O)c3ccccc3F)cc21. The maximum atomic E-state index is 14.1. The molecule has 0 aliphatic heterocycles. The molecular weight excluding hydrogens is 440 g/mol. The van der Waals surface area contributed by atoms with E-state index in [0.29, 0.717) is 11.0 Å². The molecule has 3 aromatic carbocycles. The van der Waals surface area contributed by atoms with Crippen LogP contribution in [0.4, 0.5) is 14.5 Å². The number of benzene rings is 3. The van der Waals surface area contributed by atoms with Crippen LogP contribution in [0.15, 0.2) is 75.2 Å². The van der Waals surface area contributed by atoms with E-state index in [9.17, 15) is 26.8 Å². The van der Waals surface area contributed by atoms with Gasteiger partial charge in [-0.05, 0) is 48.5 Å². The van der Waals surface area contributed by atoms with E-state index in [0.717, 1.165) is 30.3 Å². The average Bonchev–Trinajstić information content (AvgIpc) is 2.97. The molecule has 0 spiro atoms. The number of aryl methyl sites for hydroxylation is 2. The fourth-order valence-corrected chi connectivity index (χ4v) is 4.84. The van der Waals surface area contributed by atoms with Crippen LogP contribution in [0.5, 0.6) is 0 Å². The van der Waals surface area contributed by atoms with Crippen LogP contribution in [0.1, 0.15) is 10.4 Å². The van der Waals surface area contributed by atoms with Crippen molar-refractivity contribution in [3.8, 4) is 0 Å². The Morgan fingerprint density at radius 1 is 0.906 bits per heavy atom. The zero-order valence-electron chi connectivity index (χ0n) is 17.0. The van der Waals surface area contributed by atoms with Gasteiger partial charge >= 0.3 is 5.69 Å². The van der Waals surface area contributed by atoms with E-state index in [1.165, 1.54) is 53.6 Å². The van der Waals surface area contributed by atoms with Crippen molar-refractivity contribution >= 4 is 32.5 Å². The van der Waals surface area contributed by atoms with Crippen molar-refractivity contribution in [3.05, 3.63) is 88.3 Å². The predicted molar refractivity (Wildman–Crippen MR) is 114 cm³/mol. The summed E-state index contributed by atoms with van der Waals surface area (Å²) in [6.45, 7) is 0. The normalized spacial score (nSPS) is 11.6. The fraction of sp³-hybridized carbons (Fsp3) is 0.0909. The van der Waals surface area contributed by atoms with E-state index in [2.05, 4.69) is 5.32 Å². The zero-order chi connectivity index (χ0) is 23.2. The molecule has 7 nitrogen and oxygen atoms in total. The van der Waals surface area contributed by atoms with Crippen molar-refractivity contribution in [2.24, 2.45) is 14.1 Å². The molecule has 1 aromatic heterocycles. The van der Waals surface area contributed by atoms with E-state index in [1.807, 2.05) is 0 Å². The van der Waals surface area contributed by atoms with Crippen molar-refractivity contribution in [2.75, 3.05) is 5.32 Å². The number of halogens is 2. The molecule has 1 amide bonds. The molecule has 1 heterocycles. The summed E-state index contributed by atoms with van der Waals surface area (Å²) in [5, 5.41) is 2.45. The average molecular weight is 457 g/mol. The van der Waals surface area contributed by atoms with Gasteiger partial charge in [-0.2, -0.15) is 0 Å². The van der Waals surface area contributed by atoms with Gasteiger partial charge in [0.25, 0.3) is 5.91 Å². The number of fused-ring (bicyclic) bond motifs is 1. The highest BCUT2D eigenvalue weighted by Crippen LogP contribution is 2.32. The number of nitrogens with zero attached hydrogens (tertiary/aromatic N) is 2. The number of amides is 1. The minimum atomic E-state index is -4.24. The van der Waals surface area contributed by atoms with Gasteiger partial charge in [-0.3, -0.25) is 13.9 Å². The largest absolute Gasteiger partial charge is 0.328 e. The number of nitrogens with one attached hydrogen (secondary N) is 1. The van der Waals surface area contributed by atoms with Gasteiger partial charge in [-0.25, -0.2) is 22.0 Å². The minimum Gasteiger partial charge on any atom is -0.321 e. The van der Waals surface area contributed by atoms with Gasteiger partial charge in [0.2, 0.25) is 9.84 Å². The second kappa shape index (κ2) is 7.72. The van der Waals surface area contributed by atoms with Crippen LogP contribution < -0.4 is 11.0 Å². The van der Waals surface area contributed by atoms with Gasteiger partial charge in [0, 0.05) is 14.1 Å². The predicted octanol–water partition coefficient (Wildman–Crippen LogP) is 3.24. The number of carbonyl (C=O) groups excluding carboxylic acids is 1. The van der Waals surface area contributed by atoms with Crippen LogP contribution in [0.3, 0.4) is 0 Å². The molecule has 0 aliphatic carbocycles. The van der Waals surface area contributed by atoms with Crippen molar-refractivity contribution in [1.82, 2.24) is 9.13 Å². The molecule has 4 aromatic rings. The Labute approximate surface area is 181 Å². The monoisotopic (exact) mass is 457 g/mol. The summed E-state index contributed by atoms with van der Waals surface area (Å²) in [5.41, 5.74) is -0.153. The first-order valence-corrected chi connectivity index (χ1v) is 10.9.